The van der Waals surface area contributed by atoms with Gasteiger partial charge < -0.3 is 15.6 Å². The van der Waals surface area contributed by atoms with E-state index >= 15 is 0 Å². The fourth-order valence-corrected chi connectivity index (χ4v) is 3.26. The Morgan fingerprint density at radius 2 is 1.84 bits per heavy atom. The van der Waals surface area contributed by atoms with Gasteiger partial charge in [0.2, 0.25) is 5.72 Å². The second-order valence-electron chi connectivity index (χ2n) is 6.78. The summed E-state index contributed by atoms with van der Waals surface area (Å²) in [5.41, 5.74) is 3.34. The van der Waals surface area contributed by atoms with Gasteiger partial charge in [0.25, 0.3) is 17.5 Å². The van der Waals surface area contributed by atoms with Gasteiger partial charge in [-0.05, 0) is 11.6 Å². The molecule has 0 saturated carbocycles. The Bertz CT molecular complexity index is 1010. The Labute approximate surface area is 184 Å². The highest BCUT2D eigenvalue weighted by atomic mass is 16.6. The molecule has 32 heavy (non-hydrogen) atoms. The Balaban J connectivity index is 0.00000176. The first-order chi connectivity index (χ1) is 15.2. The average molecular weight is 443 g/mol. The van der Waals surface area contributed by atoms with Crippen LogP contribution in [0.2, 0.25) is 0 Å². The zero-order chi connectivity index (χ0) is 23.9. The molecule has 3 rings (SSSR count). The molecule has 0 aliphatic carbocycles. The fraction of sp³-hybridized carbons (Fsp3) is 0.318. The van der Waals surface area contributed by atoms with Crippen LogP contribution in [-0.2, 0) is 27.5 Å². The highest BCUT2D eigenvalue weighted by molar-refractivity contribution is 6.02. The summed E-state index contributed by atoms with van der Waals surface area (Å²) in [6, 6.07) is 12.8. The maximum atomic E-state index is 12.7. The third kappa shape index (κ3) is 5.09. The number of carbonyl (C=O) groups is 3. The smallest absolute Gasteiger partial charge is 0.306 e. The number of aliphatic hydroxyl groups is 1. The maximum Gasteiger partial charge on any atom is 0.306 e. The number of carbonyl (C=O) groups excluding carboxylic acids is 3. The van der Waals surface area contributed by atoms with Gasteiger partial charge in [-0.25, -0.2) is 0 Å². The Morgan fingerprint density at radius 1 is 1.19 bits per heavy atom. The Morgan fingerprint density at radius 3 is 2.44 bits per heavy atom. The number of rotatable bonds is 8. The number of nitro groups is 1. The van der Waals surface area contributed by atoms with Crippen LogP contribution in [0.15, 0.2) is 48.5 Å². The van der Waals surface area contributed by atoms with E-state index in [0.29, 0.717) is 0 Å². The van der Waals surface area contributed by atoms with Crippen molar-refractivity contribution in [2.75, 3.05) is 0 Å². The summed E-state index contributed by atoms with van der Waals surface area (Å²) < 4.78 is 5.11. The highest BCUT2D eigenvalue weighted by Crippen LogP contribution is 2.35. The molecule has 0 bridgehead atoms. The molecule has 0 unspecified atom stereocenters. The van der Waals surface area contributed by atoms with Crippen molar-refractivity contribution in [1.82, 2.24) is 4.90 Å². The van der Waals surface area contributed by atoms with Gasteiger partial charge >= 0.3 is 5.97 Å². The van der Waals surface area contributed by atoms with Crippen molar-refractivity contribution in [3.05, 3.63) is 75.3 Å². The second kappa shape index (κ2) is 10.5. The van der Waals surface area contributed by atoms with E-state index in [0.717, 1.165) is 10.5 Å². The van der Waals surface area contributed by atoms with Crippen molar-refractivity contribution in [1.29, 1.82) is 0 Å². The summed E-state index contributed by atoms with van der Waals surface area (Å²) in [6.45, 7) is 3.62. The van der Waals surface area contributed by atoms with Crippen molar-refractivity contribution < 1.29 is 29.2 Å². The van der Waals surface area contributed by atoms with Crippen molar-refractivity contribution in [2.45, 2.75) is 45.6 Å². The standard InChI is InChI=1S/C20H19N3O7.C2H6/c21-19(26)20(27,10-9-17(24)30-12-13-5-2-1-3-6-13)22-11-15-14(18(22)25)7-4-8-16(15)23(28)29;1-2/h1-8,27H,9-12H2,(H2,21,26);1-2H3/t20-;/m0./s1. The zero-order valence-corrected chi connectivity index (χ0v) is 17.8. The van der Waals surface area contributed by atoms with Gasteiger partial charge in [0.05, 0.1) is 29.0 Å². The van der Waals surface area contributed by atoms with E-state index in [1.165, 1.54) is 18.2 Å². The number of esters is 1. The van der Waals surface area contributed by atoms with Crippen molar-refractivity contribution in [3.63, 3.8) is 0 Å². The number of ether oxygens (including phenoxy) is 1. The number of nitro benzene ring substituents is 1. The molecule has 0 spiro atoms. The topological polar surface area (TPSA) is 153 Å². The number of hydrogen-bond donors (Lipinski definition) is 2. The van der Waals surface area contributed by atoms with Gasteiger partial charge in [0.15, 0.2) is 0 Å². The van der Waals surface area contributed by atoms with Crippen molar-refractivity contribution >= 4 is 23.5 Å². The van der Waals surface area contributed by atoms with Crippen LogP contribution < -0.4 is 5.73 Å². The van der Waals surface area contributed by atoms with Crippen molar-refractivity contribution in [3.8, 4) is 0 Å². The molecule has 3 N–H and O–H groups in total. The molecule has 1 atom stereocenters. The molecule has 0 radical (unpaired) electrons. The molecule has 1 aliphatic heterocycles. The third-order valence-corrected chi connectivity index (χ3v) is 4.90. The molecule has 10 heteroatoms. The molecule has 2 amide bonds. The summed E-state index contributed by atoms with van der Waals surface area (Å²) in [5.74, 6) is -2.73. The molecule has 0 aromatic heterocycles. The molecule has 2 aromatic rings. The summed E-state index contributed by atoms with van der Waals surface area (Å²) in [7, 11) is 0. The van der Waals surface area contributed by atoms with Crippen LogP contribution in [0.1, 0.15) is 48.2 Å². The monoisotopic (exact) mass is 443 g/mol. The van der Waals surface area contributed by atoms with Gasteiger partial charge in [-0.15, -0.1) is 0 Å². The molecule has 1 heterocycles. The van der Waals surface area contributed by atoms with Gasteiger partial charge in [0.1, 0.15) is 6.61 Å². The highest BCUT2D eigenvalue weighted by Gasteiger charge is 2.48. The van der Waals surface area contributed by atoms with Crippen LogP contribution in [0, 0.1) is 10.1 Å². The minimum atomic E-state index is -2.50. The van der Waals surface area contributed by atoms with Gasteiger partial charge in [0, 0.05) is 12.5 Å². The van der Waals surface area contributed by atoms with Gasteiger partial charge in [-0.1, -0.05) is 50.2 Å². The summed E-state index contributed by atoms with van der Waals surface area (Å²) in [6.07, 6.45) is -0.905. The molecular weight excluding hydrogens is 418 g/mol. The number of hydrogen-bond acceptors (Lipinski definition) is 7. The summed E-state index contributed by atoms with van der Waals surface area (Å²) in [5, 5.41) is 22.1. The van der Waals surface area contributed by atoms with Crippen LogP contribution in [0.3, 0.4) is 0 Å². The number of nitrogens with two attached hydrogens (primary N) is 1. The molecule has 0 fully saturated rings. The Kier molecular flexibility index (Phi) is 8.03. The molecule has 170 valence electrons. The maximum absolute atomic E-state index is 12.7. The number of primary amides is 1. The first kappa shape index (κ1) is 24.5. The SMILES string of the molecule is CC.NC(=O)[C@@](O)(CCC(=O)OCc1ccccc1)N1Cc2c(cccc2[N+](=O)[O-])C1=O. The summed E-state index contributed by atoms with van der Waals surface area (Å²) in [4.78, 5) is 48.1. The van der Waals surface area contributed by atoms with E-state index in [1.807, 2.05) is 19.9 Å². The lowest BCUT2D eigenvalue weighted by atomic mass is 10.0. The lowest BCUT2D eigenvalue weighted by molar-refractivity contribution is -0.385. The lowest BCUT2D eigenvalue weighted by Gasteiger charge is -2.33. The largest absolute Gasteiger partial charge is 0.461 e. The minimum absolute atomic E-state index is 0.00414. The zero-order valence-electron chi connectivity index (χ0n) is 17.8. The van der Waals surface area contributed by atoms with Gasteiger partial charge in [-0.3, -0.25) is 29.4 Å². The number of nitrogens with zero attached hydrogens (tertiary/aromatic N) is 2. The third-order valence-electron chi connectivity index (χ3n) is 4.90. The second-order valence-corrected chi connectivity index (χ2v) is 6.78. The number of fused-ring (bicyclic) bond motifs is 1. The summed E-state index contributed by atoms with van der Waals surface area (Å²) >= 11 is 0. The predicted octanol–water partition coefficient (Wildman–Crippen LogP) is 2.27. The van der Waals surface area contributed by atoms with Crippen LogP contribution in [0.5, 0.6) is 0 Å². The quantitative estimate of drug-likeness (QED) is 0.360. The van der Waals surface area contributed by atoms with E-state index in [4.69, 9.17) is 10.5 Å². The molecule has 0 saturated heterocycles. The van der Waals surface area contributed by atoms with Crippen LogP contribution in [-0.4, -0.2) is 38.4 Å². The number of amides is 2. The first-order valence-corrected chi connectivity index (χ1v) is 10.0. The fourth-order valence-electron chi connectivity index (χ4n) is 3.26. The van der Waals surface area contributed by atoms with E-state index in [9.17, 15) is 29.6 Å². The van der Waals surface area contributed by atoms with Crippen molar-refractivity contribution in [2.24, 2.45) is 5.73 Å². The van der Waals surface area contributed by atoms with E-state index in [1.54, 1.807) is 24.3 Å². The minimum Gasteiger partial charge on any atom is -0.461 e. The normalized spacial score (nSPS) is 14.0. The molecule has 2 aromatic carbocycles. The van der Waals surface area contributed by atoms with Crippen LogP contribution in [0.25, 0.3) is 0 Å². The Hall–Kier alpha value is -3.79. The lowest BCUT2D eigenvalue weighted by Crippen LogP contribution is -2.58. The van der Waals surface area contributed by atoms with Gasteiger partial charge in [-0.2, -0.15) is 0 Å². The van der Waals surface area contributed by atoms with E-state index in [2.05, 4.69) is 0 Å². The van der Waals surface area contributed by atoms with Crippen LogP contribution in [0.4, 0.5) is 5.69 Å². The molecular formula is C22H25N3O7. The number of benzene rings is 2. The average Bonchev–Trinajstić information content (AvgIpc) is 3.15. The molecule has 1 aliphatic rings. The predicted molar refractivity (Wildman–Crippen MR) is 114 cm³/mol. The van der Waals surface area contributed by atoms with E-state index in [-0.39, 0.29) is 30.0 Å². The van der Waals surface area contributed by atoms with Crippen LogP contribution >= 0.6 is 0 Å². The van der Waals surface area contributed by atoms with E-state index < -0.39 is 41.3 Å². The molecule has 10 nitrogen and oxygen atoms in total. The first-order valence-electron chi connectivity index (χ1n) is 10.0.